The van der Waals surface area contributed by atoms with Crippen LogP contribution in [0.15, 0.2) is 24.3 Å². The minimum Gasteiger partial charge on any atom is -0.376 e. The zero-order chi connectivity index (χ0) is 19.8. The van der Waals surface area contributed by atoms with Gasteiger partial charge in [-0.1, -0.05) is 12.1 Å². The van der Waals surface area contributed by atoms with Gasteiger partial charge in [-0.15, -0.1) is 0 Å². The topological polar surface area (TPSA) is 76.5 Å². The summed E-state index contributed by atoms with van der Waals surface area (Å²) in [6, 6.07) is 7.75. The molecule has 0 radical (unpaired) electrons. The lowest BCUT2D eigenvalue weighted by molar-refractivity contribution is -0.114. The van der Waals surface area contributed by atoms with Crippen molar-refractivity contribution in [3.05, 3.63) is 35.5 Å². The molecule has 3 heterocycles. The molecule has 1 unspecified atom stereocenters. The molecule has 0 saturated carbocycles. The van der Waals surface area contributed by atoms with Crippen LogP contribution < -0.4 is 5.32 Å². The van der Waals surface area contributed by atoms with Gasteiger partial charge in [-0.2, -0.15) is 5.10 Å². The fraction of sp³-hybridized carbons (Fsp3) is 0.476. The number of aryl methyl sites for hydroxylation is 1. The first-order valence-electron chi connectivity index (χ1n) is 9.81. The van der Waals surface area contributed by atoms with E-state index in [0.29, 0.717) is 30.2 Å². The van der Waals surface area contributed by atoms with Crippen molar-refractivity contribution in [3.63, 3.8) is 0 Å². The Balaban J connectivity index is 1.66. The van der Waals surface area contributed by atoms with Crippen LogP contribution in [0.5, 0.6) is 0 Å². The van der Waals surface area contributed by atoms with Gasteiger partial charge in [-0.25, -0.2) is 0 Å². The number of carbonyl (C=O) groups is 2. The van der Waals surface area contributed by atoms with E-state index in [-0.39, 0.29) is 24.0 Å². The van der Waals surface area contributed by atoms with Gasteiger partial charge in [-0.3, -0.25) is 14.3 Å². The van der Waals surface area contributed by atoms with Crippen LogP contribution in [0.3, 0.4) is 0 Å². The van der Waals surface area contributed by atoms with Crippen LogP contribution in [0, 0.1) is 6.92 Å². The monoisotopic (exact) mass is 382 g/mol. The zero-order valence-corrected chi connectivity index (χ0v) is 16.6. The molecule has 1 fully saturated rings. The van der Waals surface area contributed by atoms with Crippen molar-refractivity contribution in [3.8, 4) is 11.3 Å². The second-order valence-electron chi connectivity index (χ2n) is 7.78. The third-order valence-electron chi connectivity index (χ3n) is 5.35. The number of fused-ring (bicyclic) bond motifs is 1. The lowest BCUT2D eigenvalue weighted by Gasteiger charge is -2.33. The SMILES string of the molecule is CC(=O)Nc1cc(C)ccc1-c1cc2n(n1)[C@@H](C)CN(CC1CCCO1)C2=O. The predicted octanol–water partition coefficient (Wildman–Crippen LogP) is 3.01. The zero-order valence-electron chi connectivity index (χ0n) is 16.6. The largest absolute Gasteiger partial charge is 0.376 e. The second-order valence-corrected chi connectivity index (χ2v) is 7.78. The molecule has 4 rings (SSSR count). The molecule has 0 bridgehead atoms. The molecule has 1 N–H and O–H groups in total. The highest BCUT2D eigenvalue weighted by atomic mass is 16.5. The van der Waals surface area contributed by atoms with E-state index in [0.717, 1.165) is 30.6 Å². The number of hydrogen-bond acceptors (Lipinski definition) is 4. The Labute approximate surface area is 164 Å². The van der Waals surface area contributed by atoms with Gasteiger partial charge >= 0.3 is 0 Å². The molecule has 1 aromatic carbocycles. The Morgan fingerprint density at radius 3 is 2.89 bits per heavy atom. The van der Waals surface area contributed by atoms with Crippen molar-refractivity contribution in [2.24, 2.45) is 0 Å². The summed E-state index contributed by atoms with van der Waals surface area (Å²) in [5.41, 5.74) is 3.84. The standard InChI is InChI=1S/C21H26N4O3/c1-13-6-7-17(18(9-13)22-15(3)26)19-10-20-21(27)24(11-14(2)25(20)23-19)12-16-5-4-8-28-16/h6-7,9-10,14,16H,4-5,8,11-12H2,1-3H3,(H,22,26)/t14-,16?/m0/s1. The fourth-order valence-electron chi connectivity index (χ4n) is 4.03. The lowest BCUT2D eigenvalue weighted by Crippen LogP contribution is -2.45. The van der Waals surface area contributed by atoms with Gasteiger partial charge < -0.3 is 15.0 Å². The van der Waals surface area contributed by atoms with E-state index < -0.39 is 0 Å². The maximum Gasteiger partial charge on any atom is 0.272 e. The minimum absolute atomic E-state index is 0.0134. The maximum absolute atomic E-state index is 13.1. The molecule has 7 nitrogen and oxygen atoms in total. The van der Waals surface area contributed by atoms with Crippen LogP contribution in [0.1, 0.15) is 48.8 Å². The number of rotatable bonds is 4. The summed E-state index contributed by atoms with van der Waals surface area (Å²) in [6.07, 6.45) is 2.20. The number of anilines is 1. The molecule has 28 heavy (non-hydrogen) atoms. The molecule has 2 aliphatic rings. The van der Waals surface area contributed by atoms with Gasteiger partial charge in [0.25, 0.3) is 5.91 Å². The van der Waals surface area contributed by atoms with Crippen molar-refractivity contribution in [2.45, 2.75) is 45.8 Å². The molecule has 1 aromatic heterocycles. The summed E-state index contributed by atoms with van der Waals surface area (Å²) in [6.45, 7) is 7.56. The lowest BCUT2D eigenvalue weighted by atomic mass is 10.1. The summed E-state index contributed by atoms with van der Waals surface area (Å²) in [5.74, 6) is -0.149. The molecule has 2 atom stereocenters. The highest BCUT2D eigenvalue weighted by Gasteiger charge is 2.33. The Hall–Kier alpha value is -2.67. The van der Waals surface area contributed by atoms with E-state index in [1.165, 1.54) is 6.92 Å². The number of carbonyl (C=O) groups excluding carboxylic acids is 2. The van der Waals surface area contributed by atoms with E-state index in [9.17, 15) is 9.59 Å². The Kier molecular flexibility index (Phi) is 4.93. The Morgan fingerprint density at radius 2 is 2.18 bits per heavy atom. The summed E-state index contributed by atoms with van der Waals surface area (Å²) >= 11 is 0. The predicted molar refractivity (Wildman–Crippen MR) is 106 cm³/mol. The summed E-state index contributed by atoms with van der Waals surface area (Å²) in [5, 5.41) is 7.58. The first-order chi connectivity index (χ1) is 13.4. The highest BCUT2D eigenvalue weighted by molar-refractivity contribution is 5.97. The number of hydrogen-bond donors (Lipinski definition) is 1. The van der Waals surface area contributed by atoms with Crippen LogP contribution in [0.2, 0.25) is 0 Å². The van der Waals surface area contributed by atoms with E-state index in [2.05, 4.69) is 12.2 Å². The first-order valence-corrected chi connectivity index (χ1v) is 9.81. The van der Waals surface area contributed by atoms with Crippen LogP contribution in [-0.4, -0.2) is 52.3 Å². The Morgan fingerprint density at radius 1 is 1.36 bits per heavy atom. The third-order valence-corrected chi connectivity index (χ3v) is 5.35. The number of aromatic nitrogens is 2. The number of nitrogens with zero attached hydrogens (tertiary/aromatic N) is 3. The number of benzene rings is 1. The number of ether oxygens (including phenoxy) is 1. The molecule has 0 spiro atoms. The third kappa shape index (κ3) is 3.54. The molecule has 0 aliphatic carbocycles. The normalized spacial score (nSPS) is 21.7. The molecular weight excluding hydrogens is 356 g/mol. The van der Waals surface area contributed by atoms with Crippen LogP contribution >= 0.6 is 0 Å². The first kappa shape index (κ1) is 18.7. The number of amides is 2. The van der Waals surface area contributed by atoms with Crippen LogP contribution in [-0.2, 0) is 9.53 Å². The quantitative estimate of drug-likeness (QED) is 0.882. The fourth-order valence-corrected chi connectivity index (χ4v) is 4.03. The van der Waals surface area contributed by atoms with Crippen molar-refractivity contribution < 1.29 is 14.3 Å². The summed E-state index contributed by atoms with van der Waals surface area (Å²) in [4.78, 5) is 26.5. The van der Waals surface area contributed by atoms with Gasteiger partial charge in [0.05, 0.1) is 23.5 Å². The van der Waals surface area contributed by atoms with Crippen molar-refractivity contribution in [2.75, 3.05) is 25.0 Å². The van der Waals surface area contributed by atoms with E-state index >= 15 is 0 Å². The molecule has 7 heteroatoms. The van der Waals surface area contributed by atoms with Gasteiger partial charge in [0.1, 0.15) is 5.69 Å². The smallest absolute Gasteiger partial charge is 0.272 e. The molecule has 1 saturated heterocycles. The van der Waals surface area contributed by atoms with Gasteiger partial charge in [-0.05, 0) is 44.4 Å². The molecule has 148 valence electrons. The summed E-state index contributed by atoms with van der Waals surface area (Å²) in [7, 11) is 0. The van der Waals surface area contributed by atoms with Crippen molar-refractivity contribution in [1.82, 2.24) is 14.7 Å². The van der Waals surface area contributed by atoms with E-state index in [1.54, 1.807) is 4.68 Å². The maximum atomic E-state index is 13.1. The molecule has 2 aliphatic heterocycles. The van der Waals surface area contributed by atoms with Gasteiger partial charge in [0, 0.05) is 32.2 Å². The Bertz CT molecular complexity index is 914. The molecule has 2 amide bonds. The summed E-state index contributed by atoms with van der Waals surface area (Å²) < 4.78 is 7.52. The van der Waals surface area contributed by atoms with Crippen LogP contribution in [0.4, 0.5) is 5.69 Å². The van der Waals surface area contributed by atoms with Gasteiger partial charge in [0.15, 0.2) is 0 Å². The molecular formula is C21H26N4O3. The highest BCUT2D eigenvalue weighted by Crippen LogP contribution is 2.32. The van der Waals surface area contributed by atoms with E-state index in [1.807, 2.05) is 36.1 Å². The average Bonchev–Trinajstić information content (AvgIpc) is 3.29. The second kappa shape index (κ2) is 7.39. The molecule has 2 aromatic rings. The average molecular weight is 382 g/mol. The minimum atomic E-state index is -0.136. The van der Waals surface area contributed by atoms with E-state index in [4.69, 9.17) is 9.84 Å². The van der Waals surface area contributed by atoms with Crippen LogP contribution in [0.25, 0.3) is 11.3 Å². The van der Waals surface area contributed by atoms with Crippen molar-refractivity contribution in [1.29, 1.82) is 0 Å². The number of nitrogens with one attached hydrogen (secondary N) is 1. The van der Waals surface area contributed by atoms with Gasteiger partial charge in [0.2, 0.25) is 5.91 Å². The van der Waals surface area contributed by atoms with Crippen molar-refractivity contribution >= 4 is 17.5 Å².